The minimum Gasteiger partial charge on any atom is -0.395 e. The summed E-state index contributed by atoms with van der Waals surface area (Å²) >= 11 is 1.44. The van der Waals surface area contributed by atoms with Crippen LogP contribution < -0.4 is 20.3 Å². The number of hydrogen-bond donors (Lipinski definition) is 4. The van der Waals surface area contributed by atoms with E-state index >= 15 is 0 Å². The van der Waals surface area contributed by atoms with E-state index in [1.54, 1.807) is 12.1 Å². The van der Waals surface area contributed by atoms with Gasteiger partial charge in [0.25, 0.3) is 5.91 Å². The van der Waals surface area contributed by atoms with E-state index in [-0.39, 0.29) is 12.5 Å². The van der Waals surface area contributed by atoms with Gasteiger partial charge < -0.3 is 25.4 Å². The molecule has 0 radical (unpaired) electrons. The van der Waals surface area contributed by atoms with Gasteiger partial charge in [0, 0.05) is 31.1 Å². The largest absolute Gasteiger partial charge is 0.395 e. The number of amides is 1. The van der Waals surface area contributed by atoms with Crippen LogP contribution in [0, 0.1) is 17.2 Å². The fourth-order valence-corrected chi connectivity index (χ4v) is 5.11. The van der Waals surface area contributed by atoms with E-state index in [1.165, 1.54) is 31.2 Å². The lowest BCUT2D eigenvalue weighted by Gasteiger charge is -2.36. The molecular weight excluding hydrogens is 448 g/mol. The molecule has 3 heterocycles. The fraction of sp³-hybridized carbons (Fsp3) is 0.480. The molecule has 34 heavy (non-hydrogen) atoms. The number of carbonyl (C=O) groups excluding carboxylic acids is 1. The van der Waals surface area contributed by atoms with Crippen molar-refractivity contribution in [1.29, 1.82) is 5.26 Å². The van der Waals surface area contributed by atoms with Crippen molar-refractivity contribution in [3.63, 3.8) is 0 Å². The molecule has 1 aromatic heterocycles. The molecule has 1 atom stereocenters. The van der Waals surface area contributed by atoms with Crippen molar-refractivity contribution in [1.82, 2.24) is 4.98 Å². The van der Waals surface area contributed by atoms with E-state index in [0.717, 1.165) is 50.3 Å². The number of aliphatic hydroxyl groups excluding tert-OH is 1. The number of anilines is 4. The predicted molar refractivity (Wildman–Crippen MR) is 138 cm³/mol. The van der Waals surface area contributed by atoms with Gasteiger partial charge in [0.15, 0.2) is 0 Å². The SMILES string of the molecule is N#Cc1ccc2nc1NCCCCCC1CCCN(C1)c1cc(NSCCO)ccc1C(=O)N2. The van der Waals surface area contributed by atoms with Crippen LogP contribution in [-0.2, 0) is 0 Å². The molecule has 2 aromatic rings. The Bertz CT molecular complexity index is 1040. The maximum atomic E-state index is 13.4. The van der Waals surface area contributed by atoms with Gasteiger partial charge in [-0.15, -0.1) is 0 Å². The average Bonchev–Trinajstić information content (AvgIpc) is 2.86. The van der Waals surface area contributed by atoms with Gasteiger partial charge in [-0.05, 0) is 61.9 Å². The summed E-state index contributed by atoms with van der Waals surface area (Å²) in [6.45, 7) is 2.73. The molecule has 0 aliphatic carbocycles. The van der Waals surface area contributed by atoms with Crippen LogP contribution in [0.1, 0.15) is 54.4 Å². The number of piperidine rings is 1. The maximum absolute atomic E-state index is 13.4. The summed E-state index contributed by atoms with van der Waals surface area (Å²) < 4.78 is 3.27. The topological polar surface area (TPSA) is 113 Å². The normalized spacial score (nSPS) is 18.8. The summed E-state index contributed by atoms with van der Waals surface area (Å²) in [5.74, 6) is 1.91. The molecule has 4 N–H and O–H groups in total. The van der Waals surface area contributed by atoms with Gasteiger partial charge in [0.2, 0.25) is 0 Å². The minimum absolute atomic E-state index is 0.104. The number of hydrogen-bond acceptors (Lipinski definition) is 8. The number of nitrogens with one attached hydrogen (secondary N) is 3. The number of rotatable bonds is 4. The third kappa shape index (κ3) is 6.13. The van der Waals surface area contributed by atoms with Gasteiger partial charge >= 0.3 is 0 Å². The number of aromatic nitrogens is 1. The van der Waals surface area contributed by atoms with E-state index in [1.807, 2.05) is 18.2 Å². The summed E-state index contributed by atoms with van der Waals surface area (Å²) in [6, 6.07) is 11.3. The summed E-state index contributed by atoms with van der Waals surface area (Å²) in [7, 11) is 0. The van der Waals surface area contributed by atoms with Crippen molar-refractivity contribution in [3.8, 4) is 6.07 Å². The first-order valence-electron chi connectivity index (χ1n) is 12.0. The molecule has 8 nitrogen and oxygen atoms in total. The molecule has 1 amide bonds. The number of aliphatic hydroxyl groups is 1. The minimum atomic E-state index is -0.220. The third-order valence-corrected chi connectivity index (χ3v) is 7.09. The standard InChI is InChI=1S/C25H32N6O2S/c26-16-19-7-10-23-28-24(19)27-11-3-1-2-5-18-6-4-12-31(17-18)22-15-20(30-34-14-13-32)8-9-21(22)25(33)29-23/h7-10,15,18,30,32H,1-6,11-14,17H2,(H2,27,28,29,33). The Morgan fingerprint density at radius 1 is 1.21 bits per heavy atom. The van der Waals surface area contributed by atoms with Crippen molar-refractivity contribution in [2.45, 2.75) is 38.5 Å². The van der Waals surface area contributed by atoms with Crippen molar-refractivity contribution in [2.75, 3.05) is 52.2 Å². The number of nitrogens with zero attached hydrogens (tertiary/aromatic N) is 3. The molecule has 9 heteroatoms. The Hall–Kier alpha value is -2.96. The van der Waals surface area contributed by atoms with Crippen LogP contribution in [0.5, 0.6) is 0 Å². The first-order valence-corrected chi connectivity index (χ1v) is 13.0. The Kier molecular flexibility index (Phi) is 8.50. The van der Waals surface area contributed by atoms with E-state index in [0.29, 0.717) is 34.4 Å². The first-order chi connectivity index (χ1) is 16.7. The lowest BCUT2D eigenvalue weighted by Crippen LogP contribution is -2.36. The van der Waals surface area contributed by atoms with Gasteiger partial charge in [0.05, 0.1) is 23.4 Å². The molecule has 2 aliphatic rings. The van der Waals surface area contributed by atoms with Crippen molar-refractivity contribution in [2.24, 2.45) is 5.92 Å². The van der Waals surface area contributed by atoms with Crippen LogP contribution in [-0.4, -0.2) is 48.0 Å². The number of benzene rings is 1. The van der Waals surface area contributed by atoms with Gasteiger partial charge in [-0.3, -0.25) is 4.79 Å². The van der Waals surface area contributed by atoms with Crippen LogP contribution in [0.25, 0.3) is 0 Å². The molecule has 2 aliphatic heterocycles. The Morgan fingerprint density at radius 2 is 2.09 bits per heavy atom. The van der Waals surface area contributed by atoms with Gasteiger partial charge in [-0.25, -0.2) is 4.98 Å². The van der Waals surface area contributed by atoms with Crippen LogP contribution >= 0.6 is 11.9 Å². The molecule has 1 aromatic carbocycles. The van der Waals surface area contributed by atoms with E-state index < -0.39 is 0 Å². The third-order valence-electron chi connectivity index (χ3n) is 6.32. The second kappa shape index (κ2) is 12.0. The van der Waals surface area contributed by atoms with E-state index in [4.69, 9.17) is 5.11 Å². The van der Waals surface area contributed by atoms with Gasteiger partial charge in [0.1, 0.15) is 17.7 Å². The van der Waals surface area contributed by atoms with Crippen LogP contribution in [0.3, 0.4) is 0 Å². The van der Waals surface area contributed by atoms with Crippen LogP contribution in [0.4, 0.5) is 23.0 Å². The highest BCUT2D eigenvalue weighted by atomic mass is 32.2. The quantitative estimate of drug-likeness (QED) is 0.375. The second-order valence-corrected chi connectivity index (χ2v) is 9.70. The number of carbonyl (C=O) groups is 1. The molecule has 1 saturated heterocycles. The molecule has 180 valence electrons. The molecule has 0 spiro atoms. The van der Waals surface area contributed by atoms with Crippen molar-refractivity contribution >= 4 is 40.9 Å². The summed E-state index contributed by atoms with van der Waals surface area (Å²) in [5, 5.41) is 24.7. The average molecular weight is 481 g/mol. The molecule has 0 saturated carbocycles. The zero-order valence-electron chi connectivity index (χ0n) is 19.3. The maximum Gasteiger partial charge on any atom is 0.258 e. The Labute approximate surface area is 205 Å². The number of nitriles is 1. The van der Waals surface area contributed by atoms with Crippen molar-refractivity contribution < 1.29 is 9.90 Å². The Morgan fingerprint density at radius 3 is 2.94 bits per heavy atom. The Balaban J connectivity index is 1.67. The lowest BCUT2D eigenvalue weighted by molar-refractivity contribution is 0.102. The summed E-state index contributed by atoms with van der Waals surface area (Å²) in [4.78, 5) is 20.2. The molecule has 4 bridgehead atoms. The highest BCUT2D eigenvalue weighted by molar-refractivity contribution is 8.00. The monoisotopic (exact) mass is 480 g/mol. The van der Waals surface area contributed by atoms with E-state index in [9.17, 15) is 10.1 Å². The lowest BCUT2D eigenvalue weighted by atomic mass is 9.91. The van der Waals surface area contributed by atoms with Crippen LogP contribution in [0.2, 0.25) is 0 Å². The molecule has 1 unspecified atom stereocenters. The molecule has 1 fully saturated rings. The zero-order valence-corrected chi connectivity index (χ0v) is 20.2. The van der Waals surface area contributed by atoms with Gasteiger partial charge in [-0.1, -0.05) is 24.8 Å². The summed E-state index contributed by atoms with van der Waals surface area (Å²) in [5.41, 5.74) is 2.89. The first kappa shape index (κ1) is 24.2. The van der Waals surface area contributed by atoms with E-state index in [2.05, 4.69) is 31.3 Å². The predicted octanol–water partition coefficient (Wildman–Crippen LogP) is 4.46. The molecular formula is C25H32N6O2S. The highest BCUT2D eigenvalue weighted by Crippen LogP contribution is 2.32. The van der Waals surface area contributed by atoms with Gasteiger partial charge in [-0.2, -0.15) is 5.26 Å². The van der Waals surface area contributed by atoms with Crippen LogP contribution in [0.15, 0.2) is 30.3 Å². The highest BCUT2D eigenvalue weighted by Gasteiger charge is 2.24. The zero-order chi connectivity index (χ0) is 23.8. The smallest absolute Gasteiger partial charge is 0.258 e. The summed E-state index contributed by atoms with van der Waals surface area (Å²) in [6.07, 6.45) is 6.84. The molecule has 4 rings (SSSR count). The fourth-order valence-electron chi connectivity index (χ4n) is 4.63. The van der Waals surface area contributed by atoms with Crippen molar-refractivity contribution in [3.05, 3.63) is 41.5 Å². The number of fused-ring (bicyclic) bond motifs is 6. The number of pyridine rings is 1. The second-order valence-electron chi connectivity index (χ2n) is 8.80.